The van der Waals surface area contributed by atoms with Crippen molar-refractivity contribution < 1.29 is 14.2 Å². The van der Waals surface area contributed by atoms with E-state index in [1.54, 1.807) is 0 Å². The molecule has 1 unspecified atom stereocenters. The van der Waals surface area contributed by atoms with Gasteiger partial charge in [0.1, 0.15) is 24.6 Å². The third-order valence-corrected chi connectivity index (χ3v) is 4.74. The van der Waals surface area contributed by atoms with Crippen LogP contribution in [0.1, 0.15) is 18.4 Å². The number of nitrogens with two attached hydrogens (primary N) is 1. The topological polar surface area (TPSA) is 57.0 Å². The van der Waals surface area contributed by atoms with Crippen LogP contribution >= 0.6 is 0 Å². The highest BCUT2D eigenvalue weighted by atomic mass is 16.6. The summed E-state index contributed by atoms with van der Waals surface area (Å²) in [7, 11) is 0. The van der Waals surface area contributed by atoms with Crippen molar-refractivity contribution in [2.75, 3.05) is 39.4 Å². The van der Waals surface area contributed by atoms with Gasteiger partial charge in [0.15, 0.2) is 11.5 Å². The number of hydrogen-bond acceptors (Lipinski definition) is 5. The molecule has 3 aliphatic heterocycles. The van der Waals surface area contributed by atoms with E-state index < -0.39 is 0 Å². The van der Waals surface area contributed by atoms with E-state index >= 15 is 0 Å². The van der Waals surface area contributed by atoms with Crippen LogP contribution in [0.2, 0.25) is 0 Å². The van der Waals surface area contributed by atoms with Gasteiger partial charge in [-0.15, -0.1) is 0 Å². The van der Waals surface area contributed by atoms with Gasteiger partial charge in [-0.25, -0.2) is 0 Å². The van der Waals surface area contributed by atoms with Gasteiger partial charge < -0.3 is 19.9 Å². The predicted octanol–water partition coefficient (Wildman–Crippen LogP) is 1.19. The van der Waals surface area contributed by atoms with Crippen LogP contribution in [0.4, 0.5) is 0 Å². The maximum atomic E-state index is 6.41. The van der Waals surface area contributed by atoms with Gasteiger partial charge in [0.2, 0.25) is 0 Å². The Kier molecular flexibility index (Phi) is 3.19. The molecule has 1 spiro atoms. The van der Waals surface area contributed by atoms with Crippen LogP contribution < -0.4 is 19.9 Å². The van der Waals surface area contributed by atoms with E-state index in [1.807, 2.05) is 6.07 Å². The van der Waals surface area contributed by atoms with Crippen molar-refractivity contribution >= 4 is 0 Å². The summed E-state index contributed by atoms with van der Waals surface area (Å²) >= 11 is 0. The van der Waals surface area contributed by atoms with Crippen LogP contribution in [-0.4, -0.2) is 49.9 Å². The van der Waals surface area contributed by atoms with Crippen LogP contribution in [0.15, 0.2) is 12.1 Å². The molecule has 114 valence electrons. The second kappa shape index (κ2) is 5.07. The van der Waals surface area contributed by atoms with E-state index in [2.05, 4.69) is 11.0 Å². The number of rotatable bonds is 2. The van der Waals surface area contributed by atoms with Crippen LogP contribution in [0, 0.1) is 0 Å². The molecule has 0 radical (unpaired) electrons. The summed E-state index contributed by atoms with van der Waals surface area (Å²) in [5.41, 5.74) is 6.87. The molecule has 0 aromatic heterocycles. The summed E-state index contributed by atoms with van der Waals surface area (Å²) in [6.45, 7) is 4.98. The minimum atomic E-state index is -0.0358. The number of aryl methyl sites for hydroxylation is 1. The average molecular weight is 290 g/mol. The maximum Gasteiger partial charge on any atom is 0.165 e. The molecule has 5 nitrogen and oxygen atoms in total. The summed E-state index contributed by atoms with van der Waals surface area (Å²) in [6, 6.07) is 4.10. The Balaban J connectivity index is 1.57. The molecule has 1 fully saturated rings. The summed E-state index contributed by atoms with van der Waals surface area (Å²) in [5.74, 6) is 2.64. The molecule has 1 atom stereocenters. The first kappa shape index (κ1) is 13.2. The number of likely N-dealkylation sites (tertiary alicyclic amines) is 1. The molecule has 0 saturated carbocycles. The van der Waals surface area contributed by atoms with Gasteiger partial charge in [-0.3, -0.25) is 4.90 Å². The summed E-state index contributed by atoms with van der Waals surface area (Å²) in [5, 5.41) is 0. The first-order chi connectivity index (χ1) is 10.3. The SMILES string of the molecule is NCCN1CCC2(CCc3cc4c(cc3O2)OCCO4)C1. The third-order valence-electron chi connectivity index (χ3n) is 4.74. The van der Waals surface area contributed by atoms with Crippen molar-refractivity contribution in [1.82, 2.24) is 4.90 Å². The highest BCUT2D eigenvalue weighted by molar-refractivity contribution is 5.52. The van der Waals surface area contributed by atoms with Crippen LogP contribution in [0.5, 0.6) is 17.2 Å². The minimum absolute atomic E-state index is 0.0358. The van der Waals surface area contributed by atoms with Gasteiger partial charge in [0, 0.05) is 38.7 Å². The Morgan fingerprint density at radius 1 is 1.10 bits per heavy atom. The Bertz CT molecular complexity index is 549. The summed E-state index contributed by atoms with van der Waals surface area (Å²) in [4.78, 5) is 2.41. The molecule has 1 aromatic carbocycles. The van der Waals surface area contributed by atoms with Gasteiger partial charge in [0.25, 0.3) is 0 Å². The Morgan fingerprint density at radius 3 is 2.71 bits per heavy atom. The van der Waals surface area contributed by atoms with Crippen molar-refractivity contribution in [3.05, 3.63) is 17.7 Å². The van der Waals surface area contributed by atoms with Crippen molar-refractivity contribution in [3.63, 3.8) is 0 Å². The Morgan fingerprint density at radius 2 is 1.90 bits per heavy atom. The number of hydrogen-bond donors (Lipinski definition) is 1. The van der Waals surface area contributed by atoms with E-state index in [-0.39, 0.29) is 5.60 Å². The van der Waals surface area contributed by atoms with E-state index in [4.69, 9.17) is 19.9 Å². The Labute approximate surface area is 125 Å². The summed E-state index contributed by atoms with van der Waals surface area (Å²) < 4.78 is 17.7. The van der Waals surface area contributed by atoms with Gasteiger partial charge in [-0.05, 0) is 24.5 Å². The molecule has 5 heteroatoms. The van der Waals surface area contributed by atoms with Gasteiger partial charge in [0.05, 0.1) is 0 Å². The van der Waals surface area contributed by atoms with Gasteiger partial charge >= 0.3 is 0 Å². The maximum absolute atomic E-state index is 6.41. The Hall–Kier alpha value is -1.46. The number of nitrogens with zero attached hydrogens (tertiary/aromatic N) is 1. The number of ether oxygens (including phenoxy) is 3. The molecule has 21 heavy (non-hydrogen) atoms. The molecule has 0 amide bonds. The van der Waals surface area contributed by atoms with Gasteiger partial charge in [-0.1, -0.05) is 0 Å². The fourth-order valence-corrected chi connectivity index (χ4v) is 3.64. The minimum Gasteiger partial charge on any atom is -0.486 e. The lowest BCUT2D eigenvalue weighted by molar-refractivity contribution is 0.0537. The third kappa shape index (κ3) is 2.34. The lowest BCUT2D eigenvalue weighted by atomic mass is 9.90. The molecule has 3 heterocycles. The quantitative estimate of drug-likeness (QED) is 0.886. The second-order valence-electron chi connectivity index (χ2n) is 6.20. The molecule has 0 bridgehead atoms. The fourth-order valence-electron chi connectivity index (χ4n) is 3.64. The lowest BCUT2D eigenvalue weighted by Crippen LogP contribution is -2.43. The first-order valence-corrected chi connectivity index (χ1v) is 7.82. The lowest BCUT2D eigenvalue weighted by Gasteiger charge is -2.36. The van der Waals surface area contributed by atoms with Crippen LogP contribution in [0.3, 0.4) is 0 Å². The normalized spacial score (nSPS) is 27.5. The van der Waals surface area contributed by atoms with E-state index in [1.165, 1.54) is 5.56 Å². The number of fused-ring (bicyclic) bond motifs is 2. The zero-order chi connectivity index (χ0) is 14.3. The largest absolute Gasteiger partial charge is 0.486 e. The van der Waals surface area contributed by atoms with Crippen molar-refractivity contribution in [1.29, 1.82) is 0 Å². The standard InChI is InChI=1S/C16H22N2O3/c17-4-6-18-5-3-16(11-18)2-1-12-9-14-15(10-13(12)21-16)20-8-7-19-14/h9-10H,1-8,11,17H2. The molecule has 0 aliphatic carbocycles. The van der Waals surface area contributed by atoms with Crippen molar-refractivity contribution in [3.8, 4) is 17.2 Å². The van der Waals surface area contributed by atoms with E-state index in [0.717, 1.165) is 56.1 Å². The van der Waals surface area contributed by atoms with Crippen LogP contribution in [0.25, 0.3) is 0 Å². The molecule has 2 N–H and O–H groups in total. The molecule has 3 aliphatic rings. The van der Waals surface area contributed by atoms with Crippen molar-refractivity contribution in [2.45, 2.75) is 24.9 Å². The molecular weight excluding hydrogens is 268 g/mol. The van der Waals surface area contributed by atoms with Crippen LogP contribution in [-0.2, 0) is 6.42 Å². The summed E-state index contributed by atoms with van der Waals surface area (Å²) in [6.07, 6.45) is 3.20. The molecule has 1 aromatic rings. The highest BCUT2D eigenvalue weighted by Crippen LogP contribution is 2.44. The van der Waals surface area contributed by atoms with E-state index in [0.29, 0.717) is 19.8 Å². The molecule has 1 saturated heterocycles. The highest BCUT2D eigenvalue weighted by Gasteiger charge is 2.42. The van der Waals surface area contributed by atoms with E-state index in [9.17, 15) is 0 Å². The van der Waals surface area contributed by atoms with Crippen molar-refractivity contribution in [2.24, 2.45) is 5.73 Å². The smallest absolute Gasteiger partial charge is 0.165 e. The predicted molar refractivity (Wildman–Crippen MR) is 79.2 cm³/mol. The zero-order valence-corrected chi connectivity index (χ0v) is 12.3. The first-order valence-electron chi connectivity index (χ1n) is 7.82. The average Bonchev–Trinajstić information content (AvgIpc) is 2.88. The number of benzene rings is 1. The monoisotopic (exact) mass is 290 g/mol. The molecular formula is C16H22N2O3. The molecule has 4 rings (SSSR count). The fraction of sp³-hybridized carbons (Fsp3) is 0.625. The van der Waals surface area contributed by atoms with Gasteiger partial charge in [-0.2, -0.15) is 0 Å². The zero-order valence-electron chi connectivity index (χ0n) is 12.3. The second-order valence-corrected chi connectivity index (χ2v) is 6.20.